The molecule has 9 nitrogen and oxygen atoms in total. The minimum absolute atomic E-state index is 0.00878. The number of nitrogens with zero attached hydrogens (tertiary/aromatic N) is 3. The standard InChI is InChI=1S/C32H33BrFN5O4S/c1-5-15-44-32-37-31-35-19(3)27(30(40)36-24-13-9-10-14-25(24)41-4)28(39(31)38-32)21-16-22(33)29(26(17-21)42-6-2)43-18-20-11-7-8-12-23(20)34/h7-14,16-17,28H,5-6,15,18H2,1-4H3,(H,36,40)(H,35,37,38). The molecule has 1 aliphatic rings. The smallest absolute Gasteiger partial charge is 0.255 e. The highest BCUT2D eigenvalue weighted by molar-refractivity contribution is 9.10. The van der Waals surface area contributed by atoms with Crippen molar-refractivity contribution >= 4 is 45.2 Å². The third-order valence-corrected chi connectivity index (χ3v) is 8.48. The van der Waals surface area contributed by atoms with E-state index in [1.54, 1.807) is 53.9 Å². The fourth-order valence-corrected chi connectivity index (χ4v) is 6.10. The number of anilines is 2. The zero-order chi connectivity index (χ0) is 31.2. The summed E-state index contributed by atoms with van der Waals surface area (Å²) in [6.07, 6.45) is 0.967. The molecule has 0 fully saturated rings. The van der Waals surface area contributed by atoms with Crippen molar-refractivity contribution < 1.29 is 23.4 Å². The van der Waals surface area contributed by atoms with Crippen molar-refractivity contribution in [2.75, 3.05) is 30.1 Å². The molecule has 3 aromatic carbocycles. The fourth-order valence-electron chi connectivity index (χ4n) is 4.84. The van der Waals surface area contributed by atoms with Crippen molar-refractivity contribution in [1.29, 1.82) is 0 Å². The molecule has 0 aliphatic carbocycles. The molecule has 1 unspecified atom stereocenters. The van der Waals surface area contributed by atoms with E-state index in [1.807, 2.05) is 38.1 Å². The molecule has 1 atom stereocenters. The Hall–Kier alpha value is -4.03. The molecule has 5 rings (SSSR count). The van der Waals surface area contributed by atoms with Crippen LogP contribution in [0, 0.1) is 5.82 Å². The summed E-state index contributed by atoms with van der Waals surface area (Å²) in [4.78, 5) is 18.7. The second-order valence-electron chi connectivity index (χ2n) is 9.87. The van der Waals surface area contributed by atoms with Gasteiger partial charge in [0.25, 0.3) is 5.91 Å². The zero-order valence-electron chi connectivity index (χ0n) is 24.8. The topological polar surface area (TPSA) is 99.5 Å². The van der Waals surface area contributed by atoms with E-state index in [4.69, 9.17) is 24.3 Å². The molecule has 230 valence electrons. The van der Waals surface area contributed by atoms with Gasteiger partial charge in [-0.1, -0.05) is 49.0 Å². The largest absolute Gasteiger partial charge is 0.495 e. The molecular formula is C32H33BrFN5O4S. The number of carbonyl (C=O) groups is 1. The summed E-state index contributed by atoms with van der Waals surface area (Å²) in [6, 6.07) is 16.7. The Morgan fingerprint density at radius 2 is 1.89 bits per heavy atom. The van der Waals surface area contributed by atoms with E-state index in [-0.39, 0.29) is 18.3 Å². The van der Waals surface area contributed by atoms with Gasteiger partial charge in [0.15, 0.2) is 11.5 Å². The Labute approximate surface area is 268 Å². The molecule has 0 saturated heterocycles. The van der Waals surface area contributed by atoms with Crippen LogP contribution in [0.4, 0.5) is 16.0 Å². The van der Waals surface area contributed by atoms with Gasteiger partial charge in [0, 0.05) is 17.0 Å². The Bertz CT molecular complexity index is 1700. The van der Waals surface area contributed by atoms with E-state index in [0.29, 0.717) is 67.5 Å². The molecule has 12 heteroatoms. The van der Waals surface area contributed by atoms with Gasteiger partial charge in [0.1, 0.15) is 24.2 Å². The number of rotatable bonds is 12. The lowest BCUT2D eigenvalue weighted by Gasteiger charge is -2.29. The first-order chi connectivity index (χ1) is 21.3. The number of fused-ring (bicyclic) bond motifs is 1. The molecule has 4 aromatic rings. The first-order valence-electron chi connectivity index (χ1n) is 14.2. The SMILES string of the molecule is CCCSc1nc2n(n1)C(c1cc(Br)c(OCc3ccccc3F)c(OCC)c1)C(C(=O)Nc1ccccc1OC)=C(C)N2. The summed E-state index contributed by atoms with van der Waals surface area (Å²) in [7, 11) is 1.56. The van der Waals surface area contributed by atoms with Gasteiger partial charge >= 0.3 is 0 Å². The predicted molar refractivity (Wildman–Crippen MR) is 173 cm³/mol. The number of para-hydroxylation sites is 2. The molecule has 2 N–H and O–H groups in total. The summed E-state index contributed by atoms with van der Waals surface area (Å²) >= 11 is 5.20. The summed E-state index contributed by atoms with van der Waals surface area (Å²) in [5, 5.41) is 11.7. The summed E-state index contributed by atoms with van der Waals surface area (Å²) < 4.78 is 34.2. The van der Waals surface area contributed by atoms with Crippen LogP contribution in [0.5, 0.6) is 17.2 Å². The van der Waals surface area contributed by atoms with E-state index in [1.165, 1.54) is 6.07 Å². The van der Waals surface area contributed by atoms with Crippen molar-refractivity contribution in [3.63, 3.8) is 0 Å². The number of hydrogen-bond acceptors (Lipinski definition) is 8. The lowest BCUT2D eigenvalue weighted by atomic mass is 9.94. The second kappa shape index (κ2) is 14.2. The lowest BCUT2D eigenvalue weighted by Crippen LogP contribution is -2.31. The Kier molecular flexibility index (Phi) is 10.1. The molecule has 44 heavy (non-hydrogen) atoms. The fraction of sp³-hybridized carbons (Fsp3) is 0.281. The number of ether oxygens (including phenoxy) is 3. The number of aromatic nitrogens is 3. The third kappa shape index (κ3) is 6.71. The Morgan fingerprint density at radius 3 is 2.64 bits per heavy atom. The van der Waals surface area contributed by atoms with Crippen LogP contribution < -0.4 is 24.8 Å². The highest BCUT2D eigenvalue weighted by atomic mass is 79.9. The molecule has 1 amide bonds. The van der Waals surface area contributed by atoms with Crippen LogP contribution in [0.2, 0.25) is 0 Å². The van der Waals surface area contributed by atoms with Crippen LogP contribution in [-0.2, 0) is 11.4 Å². The van der Waals surface area contributed by atoms with Gasteiger partial charge < -0.3 is 24.8 Å². The van der Waals surface area contributed by atoms with Crippen LogP contribution in [0.1, 0.15) is 44.4 Å². The van der Waals surface area contributed by atoms with Crippen LogP contribution in [0.15, 0.2) is 81.6 Å². The average molecular weight is 683 g/mol. The van der Waals surface area contributed by atoms with Gasteiger partial charge in [0.2, 0.25) is 11.1 Å². The van der Waals surface area contributed by atoms with Gasteiger partial charge in [-0.25, -0.2) is 9.07 Å². The minimum Gasteiger partial charge on any atom is -0.495 e. The average Bonchev–Trinajstić information content (AvgIpc) is 3.42. The summed E-state index contributed by atoms with van der Waals surface area (Å²) in [5.41, 5.74) is 2.74. The molecule has 2 heterocycles. The van der Waals surface area contributed by atoms with E-state index in [0.717, 1.165) is 12.2 Å². The number of thioether (sulfide) groups is 1. The lowest BCUT2D eigenvalue weighted by molar-refractivity contribution is -0.113. The van der Waals surface area contributed by atoms with Crippen LogP contribution in [0.25, 0.3) is 0 Å². The molecule has 0 bridgehead atoms. The second-order valence-corrected chi connectivity index (χ2v) is 11.8. The number of amides is 1. The third-order valence-electron chi connectivity index (χ3n) is 6.85. The quantitative estimate of drug-likeness (QED) is 0.148. The van der Waals surface area contributed by atoms with Gasteiger partial charge in [-0.05, 0) is 72.1 Å². The van der Waals surface area contributed by atoms with Crippen LogP contribution in [0.3, 0.4) is 0 Å². The van der Waals surface area contributed by atoms with E-state index in [2.05, 4.69) is 33.5 Å². The van der Waals surface area contributed by atoms with E-state index >= 15 is 0 Å². The van der Waals surface area contributed by atoms with Gasteiger partial charge in [-0.15, -0.1) is 5.10 Å². The van der Waals surface area contributed by atoms with Crippen molar-refractivity contribution in [1.82, 2.24) is 14.8 Å². The van der Waals surface area contributed by atoms with E-state index in [9.17, 15) is 9.18 Å². The van der Waals surface area contributed by atoms with Gasteiger partial charge in [-0.2, -0.15) is 4.98 Å². The minimum atomic E-state index is -0.666. The summed E-state index contributed by atoms with van der Waals surface area (Å²) in [6.45, 7) is 6.17. The first kappa shape index (κ1) is 31.4. The Morgan fingerprint density at radius 1 is 1.11 bits per heavy atom. The molecule has 0 radical (unpaired) electrons. The van der Waals surface area contributed by atoms with Gasteiger partial charge in [0.05, 0.1) is 29.4 Å². The van der Waals surface area contributed by atoms with Gasteiger partial charge in [-0.3, -0.25) is 4.79 Å². The maximum absolute atomic E-state index is 14.3. The molecular weight excluding hydrogens is 649 g/mol. The van der Waals surface area contributed by atoms with Crippen molar-refractivity contribution in [2.45, 2.75) is 45.0 Å². The highest BCUT2D eigenvalue weighted by Gasteiger charge is 2.36. The maximum Gasteiger partial charge on any atom is 0.255 e. The summed E-state index contributed by atoms with van der Waals surface area (Å²) in [5.74, 6) is 2.10. The van der Waals surface area contributed by atoms with Crippen LogP contribution >= 0.6 is 27.7 Å². The van der Waals surface area contributed by atoms with E-state index < -0.39 is 6.04 Å². The predicted octanol–water partition coefficient (Wildman–Crippen LogP) is 7.60. The number of nitrogens with one attached hydrogen (secondary N) is 2. The normalized spacial score (nSPS) is 14.1. The molecule has 1 aliphatic heterocycles. The maximum atomic E-state index is 14.3. The Balaban J connectivity index is 1.58. The van der Waals surface area contributed by atoms with Crippen LogP contribution in [-0.4, -0.2) is 40.1 Å². The first-order valence-corrected chi connectivity index (χ1v) is 16.0. The number of benzene rings is 3. The van der Waals surface area contributed by atoms with Crippen molar-refractivity contribution in [2.24, 2.45) is 0 Å². The zero-order valence-corrected chi connectivity index (χ0v) is 27.2. The molecule has 0 saturated carbocycles. The highest BCUT2D eigenvalue weighted by Crippen LogP contribution is 2.44. The molecule has 0 spiro atoms. The number of halogens is 2. The number of methoxy groups -OCH3 is 1. The number of allylic oxidation sites excluding steroid dienone is 1. The number of carbonyl (C=O) groups excluding carboxylic acids is 1. The molecule has 1 aromatic heterocycles. The van der Waals surface area contributed by atoms with Crippen molar-refractivity contribution in [3.05, 3.63) is 93.4 Å². The monoisotopic (exact) mass is 681 g/mol. The number of hydrogen-bond donors (Lipinski definition) is 2. The van der Waals surface area contributed by atoms with Crippen molar-refractivity contribution in [3.8, 4) is 17.2 Å².